The summed E-state index contributed by atoms with van der Waals surface area (Å²) in [5.74, 6) is -0.527. The highest BCUT2D eigenvalue weighted by Gasteiger charge is 2.36. The Morgan fingerprint density at radius 2 is 1.47 bits per heavy atom. The first-order valence-electron chi connectivity index (χ1n) is 13.8. The van der Waals surface area contributed by atoms with Gasteiger partial charge in [-0.25, -0.2) is 4.79 Å². The van der Waals surface area contributed by atoms with Crippen LogP contribution in [0.2, 0.25) is 0 Å². The highest BCUT2D eigenvalue weighted by Crippen LogP contribution is 2.24. The Morgan fingerprint density at radius 1 is 0.868 bits per heavy atom. The molecule has 0 aliphatic carbocycles. The summed E-state index contributed by atoms with van der Waals surface area (Å²) in [6, 6.07) is 17.2. The molecule has 7 nitrogen and oxygen atoms in total. The van der Waals surface area contributed by atoms with Gasteiger partial charge >= 0.3 is 6.09 Å². The molecular weight excluding hydrogens is 478 g/mol. The highest BCUT2D eigenvalue weighted by atomic mass is 16.6. The van der Waals surface area contributed by atoms with Crippen LogP contribution in [0, 0.1) is 0 Å². The van der Waals surface area contributed by atoms with Crippen molar-refractivity contribution < 1.29 is 19.1 Å². The molecule has 0 aliphatic rings. The lowest BCUT2D eigenvalue weighted by molar-refractivity contribution is -0.142. The normalized spacial score (nSPS) is 12.8. The summed E-state index contributed by atoms with van der Waals surface area (Å²) >= 11 is 0. The third-order valence-electron chi connectivity index (χ3n) is 6.06. The van der Waals surface area contributed by atoms with Crippen LogP contribution in [0.3, 0.4) is 0 Å². The van der Waals surface area contributed by atoms with Gasteiger partial charge in [-0.3, -0.25) is 9.59 Å². The zero-order valence-corrected chi connectivity index (χ0v) is 23.7. The van der Waals surface area contributed by atoms with Crippen molar-refractivity contribution in [2.75, 3.05) is 13.1 Å². The quantitative estimate of drug-likeness (QED) is 0.307. The van der Waals surface area contributed by atoms with Crippen LogP contribution in [-0.2, 0) is 20.7 Å². The maximum atomic E-state index is 14.3. The molecule has 2 unspecified atom stereocenters. The number of nitrogens with one attached hydrogen (secondary N) is 2. The van der Waals surface area contributed by atoms with Gasteiger partial charge in [0.2, 0.25) is 11.8 Å². The lowest BCUT2D eigenvalue weighted by atomic mass is 9.99. The zero-order valence-electron chi connectivity index (χ0n) is 23.7. The Labute approximate surface area is 228 Å². The fraction of sp³-hybridized carbons (Fsp3) is 0.516. The molecule has 2 aromatic rings. The lowest BCUT2D eigenvalue weighted by Crippen LogP contribution is -2.54. The molecule has 3 amide bonds. The molecule has 2 rings (SSSR count). The molecule has 0 aliphatic heterocycles. The van der Waals surface area contributed by atoms with Crippen LogP contribution < -0.4 is 10.6 Å². The van der Waals surface area contributed by atoms with Gasteiger partial charge in [-0.2, -0.15) is 0 Å². The number of rotatable bonds is 14. The maximum absolute atomic E-state index is 14.3. The van der Waals surface area contributed by atoms with Gasteiger partial charge in [0.15, 0.2) is 0 Å². The summed E-state index contributed by atoms with van der Waals surface area (Å²) in [5, 5.41) is 5.83. The number of amides is 3. The second-order valence-electron chi connectivity index (χ2n) is 10.6. The predicted octanol–water partition coefficient (Wildman–Crippen LogP) is 5.80. The van der Waals surface area contributed by atoms with Crippen molar-refractivity contribution >= 4 is 17.9 Å². The first kappa shape index (κ1) is 30.9. The molecule has 38 heavy (non-hydrogen) atoms. The van der Waals surface area contributed by atoms with Crippen LogP contribution in [0.4, 0.5) is 4.79 Å². The third-order valence-corrected chi connectivity index (χ3v) is 6.06. The van der Waals surface area contributed by atoms with Gasteiger partial charge in [-0.1, -0.05) is 93.8 Å². The van der Waals surface area contributed by atoms with E-state index in [0.29, 0.717) is 13.1 Å². The van der Waals surface area contributed by atoms with Crippen molar-refractivity contribution in [3.05, 3.63) is 71.8 Å². The van der Waals surface area contributed by atoms with Crippen LogP contribution in [-0.4, -0.2) is 47.5 Å². The molecule has 7 heteroatoms. The largest absolute Gasteiger partial charge is 0.444 e. The number of carbonyl (C=O) groups excluding carboxylic acids is 3. The van der Waals surface area contributed by atoms with Gasteiger partial charge in [0, 0.05) is 19.5 Å². The number of alkyl carbamates (subject to hydrolysis) is 1. The van der Waals surface area contributed by atoms with Gasteiger partial charge < -0.3 is 20.3 Å². The highest BCUT2D eigenvalue weighted by molar-refractivity contribution is 5.92. The minimum Gasteiger partial charge on any atom is -0.444 e. The number of carbonyl (C=O) groups is 3. The second kappa shape index (κ2) is 15.8. The molecule has 0 saturated carbocycles. The maximum Gasteiger partial charge on any atom is 0.408 e. The Balaban J connectivity index is 2.47. The van der Waals surface area contributed by atoms with E-state index in [1.807, 2.05) is 60.7 Å². The van der Waals surface area contributed by atoms with E-state index in [2.05, 4.69) is 24.5 Å². The summed E-state index contributed by atoms with van der Waals surface area (Å²) in [6.07, 6.45) is 4.07. The van der Waals surface area contributed by atoms with Crippen LogP contribution in [0.1, 0.15) is 83.9 Å². The van der Waals surface area contributed by atoms with Crippen LogP contribution in [0.25, 0.3) is 0 Å². The molecule has 2 aromatic carbocycles. The van der Waals surface area contributed by atoms with Gasteiger partial charge in [0.05, 0.1) is 0 Å². The summed E-state index contributed by atoms with van der Waals surface area (Å²) in [7, 11) is 0. The third kappa shape index (κ3) is 10.6. The standard InChI is InChI=1S/C31H45N3O4/c1-6-8-16-22-34(27(25-19-14-11-15-20-25)28(35)32-21-9-7-2)29(36)26(23-24-17-12-10-13-18-24)33-30(37)38-31(3,4)5/h10-15,17-20,26-27H,6-9,16,21-23H2,1-5H3,(H,32,35)(H,33,37). The first-order chi connectivity index (χ1) is 18.2. The smallest absolute Gasteiger partial charge is 0.408 e. The Bertz CT molecular complexity index is 989. The molecule has 0 fully saturated rings. The average Bonchev–Trinajstić information content (AvgIpc) is 2.87. The van der Waals surface area contributed by atoms with E-state index in [1.54, 1.807) is 25.7 Å². The average molecular weight is 524 g/mol. The number of nitrogens with zero attached hydrogens (tertiary/aromatic N) is 1. The number of benzene rings is 2. The topological polar surface area (TPSA) is 87.7 Å². The van der Waals surface area contributed by atoms with E-state index < -0.39 is 23.8 Å². The van der Waals surface area contributed by atoms with Crippen LogP contribution in [0.5, 0.6) is 0 Å². The van der Waals surface area contributed by atoms with E-state index >= 15 is 0 Å². The van der Waals surface area contributed by atoms with Gasteiger partial charge in [-0.05, 0) is 44.7 Å². The second-order valence-corrected chi connectivity index (χ2v) is 10.6. The van der Waals surface area contributed by atoms with Crippen LogP contribution >= 0.6 is 0 Å². The monoisotopic (exact) mass is 523 g/mol. The Kier molecular flexibility index (Phi) is 12.8. The minimum atomic E-state index is -0.900. The molecule has 0 bridgehead atoms. The molecule has 0 spiro atoms. The molecule has 208 valence electrons. The van der Waals surface area contributed by atoms with Crippen LogP contribution in [0.15, 0.2) is 60.7 Å². The minimum absolute atomic E-state index is 0.217. The Morgan fingerprint density at radius 3 is 2.05 bits per heavy atom. The van der Waals surface area contributed by atoms with Gasteiger partial charge in [-0.15, -0.1) is 0 Å². The molecular formula is C31H45N3O4. The SMILES string of the molecule is CCCCCN(C(=O)C(Cc1ccccc1)NC(=O)OC(C)(C)C)C(C(=O)NCCCC)c1ccccc1. The van der Waals surface area contributed by atoms with E-state index in [1.165, 1.54) is 0 Å². The van der Waals surface area contributed by atoms with Crippen molar-refractivity contribution in [3.63, 3.8) is 0 Å². The first-order valence-corrected chi connectivity index (χ1v) is 13.8. The molecule has 0 saturated heterocycles. The summed E-state index contributed by atoms with van der Waals surface area (Å²) in [6.45, 7) is 10.4. The van der Waals surface area contributed by atoms with Crippen molar-refractivity contribution in [3.8, 4) is 0 Å². The van der Waals surface area contributed by atoms with E-state index in [9.17, 15) is 14.4 Å². The molecule has 0 radical (unpaired) electrons. The van der Waals surface area contributed by atoms with E-state index in [0.717, 1.165) is 43.2 Å². The fourth-order valence-corrected chi connectivity index (χ4v) is 4.19. The van der Waals surface area contributed by atoms with Gasteiger partial charge in [0.25, 0.3) is 0 Å². The summed E-state index contributed by atoms with van der Waals surface area (Å²) in [5.41, 5.74) is 0.929. The fourth-order valence-electron chi connectivity index (χ4n) is 4.19. The number of ether oxygens (including phenoxy) is 1. The summed E-state index contributed by atoms with van der Waals surface area (Å²) in [4.78, 5) is 42.3. The van der Waals surface area contributed by atoms with Crippen molar-refractivity contribution in [2.24, 2.45) is 0 Å². The van der Waals surface area contributed by atoms with E-state index in [-0.39, 0.29) is 18.2 Å². The zero-order chi connectivity index (χ0) is 28.0. The molecule has 0 aromatic heterocycles. The predicted molar refractivity (Wildman–Crippen MR) is 152 cm³/mol. The van der Waals surface area contributed by atoms with Crippen molar-refractivity contribution in [1.29, 1.82) is 0 Å². The molecule has 0 heterocycles. The van der Waals surface area contributed by atoms with Crippen molar-refractivity contribution in [1.82, 2.24) is 15.5 Å². The van der Waals surface area contributed by atoms with Crippen molar-refractivity contribution in [2.45, 2.75) is 90.8 Å². The number of hydrogen-bond acceptors (Lipinski definition) is 4. The van der Waals surface area contributed by atoms with E-state index in [4.69, 9.17) is 4.74 Å². The molecule has 2 atom stereocenters. The number of hydrogen-bond donors (Lipinski definition) is 2. The number of unbranched alkanes of at least 4 members (excludes halogenated alkanes) is 3. The van der Waals surface area contributed by atoms with Gasteiger partial charge in [0.1, 0.15) is 17.7 Å². The Hall–Kier alpha value is -3.35. The summed E-state index contributed by atoms with van der Waals surface area (Å²) < 4.78 is 5.49. The lowest BCUT2D eigenvalue weighted by Gasteiger charge is -2.34. The molecule has 2 N–H and O–H groups in total.